The van der Waals surface area contributed by atoms with Crippen molar-refractivity contribution in [2.24, 2.45) is 17.8 Å². The Bertz CT molecular complexity index is 201. The van der Waals surface area contributed by atoms with E-state index in [1.165, 1.54) is 50.0 Å². The van der Waals surface area contributed by atoms with Crippen LogP contribution in [-0.4, -0.2) is 22.7 Å². The molecule has 0 aromatic heterocycles. The van der Waals surface area contributed by atoms with Crippen LogP contribution >= 0.6 is 11.8 Å². The Morgan fingerprint density at radius 3 is 2.62 bits per heavy atom. The van der Waals surface area contributed by atoms with Crippen molar-refractivity contribution < 1.29 is 5.11 Å². The minimum atomic E-state index is -0.00384. The van der Waals surface area contributed by atoms with Gasteiger partial charge in [-0.15, -0.1) is 0 Å². The summed E-state index contributed by atoms with van der Waals surface area (Å²) in [6.45, 7) is 2.34. The standard InChI is InChI=1S/C14H26OS/c1-11-3-2-4-13(9-11)14(15)10-12-5-7-16-8-6-12/h11-15H,2-10H2,1H3. The molecule has 0 radical (unpaired) electrons. The molecule has 1 aliphatic heterocycles. The lowest BCUT2D eigenvalue weighted by Gasteiger charge is -2.33. The molecule has 3 unspecified atom stereocenters. The molecule has 2 rings (SSSR count). The van der Waals surface area contributed by atoms with Gasteiger partial charge in [0.05, 0.1) is 6.10 Å². The predicted octanol–water partition coefficient (Wildman–Crippen LogP) is 3.71. The van der Waals surface area contributed by atoms with E-state index < -0.39 is 0 Å². The summed E-state index contributed by atoms with van der Waals surface area (Å²) in [5.41, 5.74) is 0. The van der Waals surface area contributed by atoms with Crippen molar-refractivity contribution in [2.75, 3.05) is 11.5 Å². The first kappa shape index (κ1) is 12.8. The summed E-state index contributed by atoms with van der Waals surface area (Å²) in [7, 11) is 0. The highest BCUT2D eigenvalue weighted by Gasteiger charge is 2.27. The van der Waals surface area contributed by atoms with Gasteiger partial charge in [0, 0.05) is 0 Å². The zero-order valence-corrected chi connectivity index (χ0v) is 11.3. The summed E-state index contributed by atoms with van der Waals surface area (Å²) in [4.78, 5) is 0. The lowest BCUT2D eigenvalue weighted by Crippen LogP contribution is -2.28. The molecule has 1 heterocycles. The zero-order valence-electron chi connectivity index (χ0n) is 10.5. The molecule has 0 amide bonds. The fourth-order valence-corrected chi connectivity index (χ4v) is 4.55. The van der Waals surface area contributed by atoms with Gasteiger partial charge in [-0.1, -0.05) is 19.8 Å². The Morgan fingerprint density at radius 2 is 1.94 bits per heavy atom. The second-order valence-electron chi connectivity index (χ2n) is 5.89. The van der Waals surface area contributed by atoms with Gasteiger partial charge in [-0.3, -0.25) is 0 Å². The van der Waals surface area contributed by atoms with Crippen molar-refractivity contribution in [2.45, 2.75) is 58.0 Å². The topological polar surface area (TPSA) is 20.2 Å². The molecule has 0 aromatic rings. The largest absolute Gasteiger partial charge is 0.393 e. The average molecular weight is 242 g/mol. The number of rotatable bonds is 3. The molecule has 1 aliphatic carbocycles. The first-order valence-electron chi connectivity index (χ1n) is 7.01. The van der Waals surface area contributed by atoms with Gasteiger partial charge in [0.25, 0.3) is 0 Å². The van der Waals surface area contributed by atoms with Gasteiger partial charge in [-0.05, 0) is 61.4 Å². The first-order chi connectivity index (χ1) is 7.75. The monoisotopic (exact) mass is 242 g/mol. The van der Waals surface area contributed by atoms with Gasteiger partial charge in [0.1, 0.15) is 0 Å². The normalized spacial score (nSPS) is 34.9. The quantitative estimate of drug-likeness (QED) is 0.814. The van der Waals surface area contributed by atoms with Crippen molar-refractivity contribution in [1.82, 2.24) is 0 Å². The number of hydrogen-bond acceptors (Lipinski definition) is 2. The smallest absolute Gasteiger partial charge is 0.0571 e. The van der Waals surface area contributed by atoms with E-state index in [0.717, 1.165) is 18.3 Å². The van der Waals surface area contributed by atoms with Crippen LogP contribution in [0.5, 0.6) is 0 Å². The van der Waals surface area contributed by atoms with Gasteiger partial charge in [0.15, 0.2) is 0 Å². The molecule has 2 fully saturated rings. The third kappa shape index (κ3) is 3.66. The summed E-state index contributed by atoms with van der Waals surface area (Å²) in [5.74, 6) is 4.90. The Kier molecular flexibility index (Phi) is 5.02. The molecule has 2 aliphatic rings. The van der Waals surface area contributed by atoms with Crippen LogP contribution in [0.2, 0.25) is 0 Å². The first-order valence-corrected chi connectivity index (χ1v) is 8.17. The van der Waals surface area contributed by atoms with Crippen LogP contribution in [0.15, 0.2) is 0 Å². The van der Waals surface area contributed by atoms with Crippen LogP contribution in [0.4, 0.5) is 0 Å². The van der Waals surface area contributed by atoms with E-state index >= 15 is 0 Å². The van der Waals surface area contributed by atoms with Crippen LogP contribution in [0.3, 0.4) is 0 Å². The number of aliphatic hydroxyl groups is 1. The van der Waals surface area contributed by atoms with Gasteiger partial charge in [-0.25, -0.2) is 0 Å². The van der Waals surface area contributed by atoms with Crippen LogP contribution in [-0.2, 0) is 0 Å². The number of hydrogen-bond donors (Lipinski definition) is 1. The van der Waals surface area contributed by atoms with Crippen molar-refractivity contribution >= 4 is 11.8 Å². The molecule has 0 aromatic carbocycles. The summed E-state index contributed by atoms with van der Waals surface area (Å²) >= 11 is 2.08. The lowest BCUT2D eigenvalue weighted by atomic mass is 9.77. The predicted molar refractivity (Wildman–Crippen MR) is 71.8 cm³/mol. The fraction of sp³-hybridized carbons (Fsp3) is 1.00. The summed E-state index contributed by atoms with van der Waals surface area (Å²) in [6.07, 6.45) is 9.00. The maximum absolute atomic E-state index is 10.3. The Labute approximate surface area is 104 Å². The molecule has 1 N–H and O–H groups in total. The summed E-state index contributed by atoms with van der Waals surface area (Å²) in [6, 6.07) is 0. The molecular weight excluding hydrogens is 216 g/mol. The molecule has 94 valence electrons. The Morgan fingerprint density at radius 1 is 1.19 bits per heavy atom. The molecule has 1 saturated carbocycles. The highest BCUT2D eigenvalue weighted by molar-refractivity contribution is 7.99. The number of aliphatic hydroxyl groups excluding tert-OH is 1. The van der Waals surface area contributed by atoms with Gasteiger partial charge in [-0.2, -0.15) is 11.8 Å². The van der Waals surface area contributed by atoms with E-state index in [4.69, 9.17) is 0 Å². The second-order valence-corrected chi connectivity index (χ2v) is 7.12. The minimum absolute atomic E-state index is 0.00384. The zero-order chi connectivity index (χ0) is 11.4. The van der Waals surface area contributed by atoms with E-state index in [1.807, 2.05) is 0 Å². The molecule has 16 heavy (non-hydrogen) atoms. The molecule has 2 heteroatoms. The lowest BCUT2D eigenvalue weighted by molar-refractivity contribution is 0.0501. The van der Waals surface area contributed by atoms with Crippen molar-refractivity contribution in [3.05, 3.63) is 0 Å². The van der Waals surface area contributed by atoms with Crippen LogP contribution < -0.4 is 0 Å². The van der Waals surface area contributed by atoms with Crippen molar-refractivity contribution in [1.29, 1.82) is 0 Å². The van der Waals surface area contributed by atoms with Gasteiger partial charge in [0.2, 0.25) is 0 Å². The molecule has 0 spiro atoms. The third-order valence-electron chi connectivity index (χ3n) is 4.44. The van der Waals surface area contributed by atoms with E-state index in [2.05, 4.69) is 18.7 Å². The molecule has 0 bridgehead atoms. The average Bonchev–Trinajstić information content (AvgIpc) is 2.30. The van der Waals surface area contributed by atoms with Crippen LogP contribution in [0, 0.1) is 17.8 Å². The van der Waals surface area contributed by atoms with E-state index in [1.54, 1.807) is 0 Å². The molecule has 1 nitrogen and oxygen atoms in total. The van der Waals surface area contributed by atoms with E-state index in [-0.39, 0.29) is 6.10 Å². The highest BCUT2D eigenvalue weighted by Crippen LogP contribution is 2.35. The fourth-order valence-electron chi connectivity index (χ4n) is 3.35. The van der Waals surface area contributed by atoms with E-state index in [0.29, 0.717) is 5.92 Å². The Balaban J connectivity index is 1.75. The van der Waals surface area contributed by atoms with Crippen LogP contribution in [0.1, 0.15) is 51.9 Å². The van der Waals surface area contributed by atoms with Gasteiger partial charge < -0.3 is 5.11 Å². The second kappa shape index (κ2) is 6.30. The SMILES string of the molecule is CC1CCCC(C(O)CC2CCSCC2)C1. The maximum atomic E-state index is 10.3. The highest BCUT2D eigenvalue weighted by atomic mass is 32.2. The Hall–Kier alpha value is 0.310. The van der Waals surface area contributed by atoms with E-state index in [9.17, 15) is 5.11 Å². The minimum Gasteiger partial charge on any atom is -0.393 e. The van der Waals surface area contributed by atoms with Crippen molar-refractivity contribution in [3.63, 3.8) is 0 Å². The van der Waals surface area contributed by atoms with Gasteiger partial charge >= 0.3 is 0 Å². The van der Waals surface area contributed by atoms with Crippen LogP contribution in [0.25, 0.3) is 0 Å². The molecule has 3 atom stereocenters. The maximum Gasteiger partial charge on any atom is 0.0571 e. The third-order valence-corrected chi connectivity index (χ3v) is 5.49. The molecule has 1 saturated heterocycles. The summed E-state index contributed by atoms with van der Waals surface area (Å²) in [5, 5.41) is 10.3. The van der Waals surface area contributed by atoms with Crippen molar-refractivity contribution in [3.8, 4) is 0 Å². The molecular formula is C14H26OS. The number of thioether (sulfide) groups is 1. The summed E-state index contributed by atoms with van der Waals surface area (Å²) < 4.78 is 0.